The van der Waals surface area contributed by atoms with E-state index in [0.29, 0.717) is 10.7 Å². The summed E-state index contributed by atoms with van der Waals surface area (Å²) in [5, 5.41) is 7.42. The van der Waals surface area contributed by atoms with Crippen LogP contribution in [0.25, 0.3) is 0 Å². The number of hydrogen-bond acceptors (Lipinski definition) is 3. The summed E-state index contributed by atoms with van der Waals surface area (Å²) in [5.41, 5.74) is 5.06. The third kappa shape index (κ3) is 5.67. The Kier molecular flexibility index (Phi) is 7.00. The maximum Gasteiger partial charge on any atom is 0.259 e. The number of amides is 2. The molecule has 0 heterocycles. The van der Waals surface area contributed by atoms with Crippen molar-refractivity contribution in [3.05, 3.63) is 106 Å². The van der Waals surface area contributed by atoms with Gasteiger partial charge in [-0.25, -0.2) is 5.43 Å². The van der Waals surface area contributed by atoms with Crippen LogP contribution in [0.3, 0.4) is 0 Å². The van der Waals surface area contributed by atoms with Gasteiger partial charge in [0.2, 0.25) is 0 Å². The van der Waals surface area contributed by atoms with Crippen LogP contribution in [0, 0.1) is 0 Å². The number of carbonyl (C=O) groups is 2. The van der Waals surface area contributed by atoms with Crippen molar-refractivity contribution in [2.45, 2.75) is 0 Å². The zero-order valence-electron chi connectivity index (χ0n) is 15.2. The van der Waals surface area contributed by atoms with Gasteiger partial charge in [-0.15, -0.1) is 0 Å². The average Bonchev–Trinajstić information content (AvgIpc) is 2.74. The predicted molar refractivity (Wildman–Crippen MR) is 115 cm³/mol. The Bertz CT molecular complexity index is 997. The summed E-state index contributed by atoms with van der Waals surface area (Å²) >= 11 is 11.8. The van der Waals surface area contributed by atoms with Crippen LogP contribution in [-0.2, 0) is 4.79 Å². The van der Waals surface area contributed by atoms with E-state index in [2.05, 4.69) is 15.8 Å². The standard InChI is InChI=1S/C22H17Cl2N3O2/c23-17-11-12-18(19(24)13-17)22(29)25-14-20(28)26-27-21(15-7-3-1-4-8-15)16-9-5-2-6-10-16/h1-13H,14H2,(H,25,29)(H,26,28). The van der Waals surface area contributed by atoms with Crippen molar-refractivity contribution in [2.75, 3.05) is 6.54 Å². The Morgan fingerprint density at radius 2 is 1.41 bits per heavy atom. The van der Waals surface area contributed by atoms with Crippen LogP contribution < -0.4 is 10.7 Å². The molecule has 29 heavy (non-hydrogen) atoms. The van der Waals surface area contributed by atoms with E-state index in [1.165, 1.54) is 12.1 Å². The van der Waals surface area contributed by atoms with Gasteiger partial charge < -0.3 is 5.32 Å². The lowest BCUT2D eigenvalue weighted by Gasteiger charge is -2.09. The lowest BCUT2D eigenvalue weighted by atomic mass is 10.0. The fourth-order valence-electron chi connectivity index (χ4n) is 2.57. The van der Waals surface area contributed by atoms with Crippen LogP contribution in [-0.4, -0.2) is 24.1 Å². The molecular formula is C22H17Cl2N3O2. The van der Waals surface area contributed by atoms with Crippen molar-refractivity contribution in [3.63, 3.8) is 0 Å². The molecule has 0 radical (unpaired) electrons. The van der Waals surface area contributed by atoms with Crippen molar-refractivity contribution in [2.24, 2.45) is 5.10 Å². The molecule has 0 atom stereocenters. The van der Waals surface area contributed by atoms with E-state index in [4.69, 9.17) is 23.2 Å². The van der Waals surface area contributed by atoms with Gasteiger partial charge in [0, 0.05) is 16.1 Å². The smallest absolute Gasteiger partial charge is 0.259 e. The zero-order chi connectivity index (χ0) is 20.6. The van der Waals surface area contributed by atoms with E-state index < -0.39 is 11.8 Å². The third-order valence-corrected chi connectivity index (χ3v) is 4.52. The van der Waals surface area contributed by atoms with Gasteiger partial charge in [-0.05, 0) is 18.2 Å². The molecule has 0 aromatic heterocycles. The second kappa shape index (κ2) is 9.87. The number of rotatable bonds is 6. The lowest BCUT2D eigenvalue weighted by molar-refractivity contribution is -0.120. The van der Waals surface area contributed by atoms with Crippen molar-refractivity contribution in [3.8, 4) is 0 Å². The van der Waals surface area contributed by atoms with Gasteiger partial charge in [-0.1, -0.05) is 83.9 Å². The molecule has 0 saturated heterocycles. The summed E-state index contributed by atoms with van der Waals surface area (Å²) in [5.74, 6) is -0.940. The summed E-state index contributed by atoms with van der Waals surface area (Å²) in [4.78, 5) is 24.4. The molecule has 2 N–H and O–H groups in total. The predicted octanol–water partition coefficient (Wildman–Crippen LogP) is 4.29. The lowest BCUT2D eigenvalue weighted by Crippen LogP contribution is -2.35. The van der Waals surface area contributed by atoms with Gasteiger partial charge in [0.05, 0.1) is 22.8 Å². The highest BCUT2D eigenvalue weighted by atomic mass is 35.5. The monoisotopic (exact) mass is 425 g/mol. The van der Waals surface area contributed by atoms with Crippen LogP contribution in [0.15, 0.2) is 84.0 Å². The Hall–Kier alpha value is -3.15. The third-order valence-electron chi connectivity index (χ3n) is 3.97. The second-order valence-electron chi connectivity index (χ2n) is 6.03. The van der Waals surface area contributed by atoms with Crippen LogP contribution in [0.1, 0.15) is 21.5 Å². The summed E-state index contributed by atoms with van der Waals surface area (Å²) < 4.78 is 0. The van der Waals surface area contributed by atoms with Crippen molar-refractivity contribution >= 4 is 40.7 Å². The number of carbonyl (C=O) groups excluding carboxylic acids is 2. The van der Waals surface area contributed by atoms with E-state index >= 15 is 0 Å². The molecule has 0 bridgehead atoms. The quantitative estimate of drug-likeness (QED) is 0.456. The topological polar surface area (TPSA) is 70.6 Å². The normalized spacial score (nSPS) is 10.1. The van der Waals surface area contributed by atoms with Gasteiger partial charge in [0.15, 0.2) is 0 Å². The zero-order valence-corrected chi connectivity index (χ0v) is 16.7. The summed E-state index contributed by atoms with van der Waals surface area (Å²) in [7, 11) is 0. The van der Waals surface area contributed by atoms with Gasteiger partial charge in [-0.3, -0.25) is 9.59 Å². The van der Waals surface area contributed by atoms with Gasteiger partial charge >= 0.3 is 0 Å². The van der Waals surface area contributed by atoms with Crippen molar-refractivity contribution in [1.29, 1.82) is 0 Å². The second-order valence-corrected chi connectivity index (χ2v) is 6.88. The molecule has 3 rings (SSSR count). The fourth-order valence-corrected chi connectivity index (χ4v) is 3.07. The molecule has 3 aromatic carbocycles. The molecule has 3 aromatic rings. The first kappa shape index (κ1) is 20.6. The minimum absolute atomic E-state index is 0.212. The molecule has 5 nitrogen and oxygen atoms in total. The minimum atomic E-state index is -0.475. The molecule has 0 aliphatic heterocycles. The Balaban J connectivity index is 1.68. The highest BCUT2D eigenvalue weighted by Crippen LogP contribution is 2.20. The molecule has 0 aliphatic carbocycles. The molecule has 0 unspecified atom stereocenters. The number of halogens is 2. The first-order chi connectivity index (χ1) is 14.0. The largest absolute Gasteiger partial charge is 0.343 e. The summed E-state index contributed by atoms with van der Waals surface area (Å²) in [6.45, 7) is -0.252. The number of nitrogens with one attached hydrogen (secondary N) is 2. The molecule has 2 amide bonds. The van der Waals surface area contributed by atoms with E-state index in [9.17, 15) is 9.59 Å². The number of hydrazone groups is 1. The first-order valence-corrected chi connectivity index (χ1v) is 9.51. The highest BCUT2D eigenvalue weighted by Gasteiger charge is 2.12. The van der Waals surface area contributed by atoms with Crippen molar-refractivity contribution in [1.82, 2.24) is 10.7 Å². The van der Waals surface area contributed by atoms with Crippen molar-refractivity contribution < 1.29 is 9.59 Å². The van der Waals surface area contributed by atoms with Crippen LogP contribution >= 0.6 is 23.2 Å². The van der Waals surface area contributed by atoms with E-state index in [1.807, 2.05) is 60.7 Å². The molecule has 146 valence electrons. The number of hydrogen-bond donors (Lipinski definition) is 2. The van der Waals surface area contributed by atoms with Gasteiger partial charge in [0.1, 0.15) is 0 Å². The SMILES string of the molecule is O=C(CNC(=O)c1ccc(Cl)cc1Cl)NN=C(c1ccccc1)c1ccccc1. The maximum absolute atomic E-state index is 12.2. The van der Waals surface area contributed by atoms with Crippen LogP contribution in [0.4, 0.5) is 0 Å². The Morgan fingerprint density at radius 1 is 0.828 bits per heavy atom. The number of nitrogens with zero attached hydrogens (tertiary/aromatic N) is 1. The van der Waals surface area contributed by atoms with Gasteiger partial charge in [-0.2, -0.15) is 5.10 Å². The molecule has 0 spiro atoms. The minimum Gasteiger partial charge on any atom is -0.343 e. The Morgan fingerprint density at radius 3 is 1.97 bits per heavy atom. The van der Waals surface area contributed by atoms with Gasteiger partial charge in [0.25, 0.3) is 11.8 Å². The molecule has 0 fully saturated rings. The van der Waals surface area contributed by atoms with Crippen LogP contribution in [0.5, 0.6) is 0 Å². The molecular weight excluding hydrogens is 409 g/mol. The number of benzene rings is 3. The fraction of sp³-hybridized carbons (Fsp3) is 0.0455. The van der Waals surface area contributed by atoms with E-state index in [1.54, 1.807) is 6.07 Å². The molecule has 0 aliphatic rings. The summed E-state index contributed by atoms with van der Waals surface area (Å²) in [6, 6.07) is 23.5. The maximum atomic E-state index is 12.2. The molecule has 7 heteroatoms. The van der Waals surface area contributed by atoms with Crippen LogP contribution in [0.2, 0.25) is 10.0 Å². The van der Waals surface area contributed by atoms with E-state index in [0.717, 1.165) is 11.1 Å². The summed E-state index contributed by atoms with van der Waals surface area (Å²) in [6.07, 6.45) is 0. The average molecular weight is 426 g/mol. The van der Waals surface area contributed by atoms with E-state index in [-0.39, 0.29) is 17.1 Å². The Labute approximate surface area is 178 Å². The highest BCUT2D eigenvalue weighted by molar-refractivity contribution is 6.36. The molecule has 0 saturated carbocycles. The first-order valence-electron chi connectivity index (χ1n) is 8.75.